The number of hydrogen-bond acceptors (Lipinski definition) is 3. The van der Waals surface area contributed by atoms with Gasteiger partial charge in [0.2, 0.25) is 0 Å². The van der Waals surface area contributed by atoms with Crippen LogP contribution in [0, 0.1) is 5.92 Å². The van der Waals surface area contributed by atoms with Crippen molar-refractivity contribution in [3.63, 3.8) is 0 Å². The zero-order valence-electron chi connectivity index (χ0n) is 12.3. The lowest BCUT2D eigenvalue weighted by molar-refractivity contribution is -0.145. The Kier molecular flexibility index (Phi) is 6.30. The number of nitrogens with zero attached hydrogens (tertiary/aromatic N) is 1. The summed E-state index contributed by atoms with van der Waals surface area (Å²) in [5.41, 5.74) is 0. The summed E-state index contributed by atoms with van der Waals surface area (Å²) in [6.07, 6.45) is 8.48. The topological polar surface area (TPSA) is 61.4 Å². The van der Waals surface area contributed by atoms with Crippen LogP contribution in [0.2, 0.25) is 0 Å². The van der Waals surface area contributed by atoms with Crippen LogP contribution in [0.25, 0.3) is 0 Å². The van der Waals surface area contributed by atoms with Gasteiger partial charge in [-0.1, -0.05) is 32.1 Å². The summed E-state index contributed by atoms with van der Waals surface area (Å²) in [6.45, 7) is 3.66. The zero-order chi connectivity index (χ0) is 14.2. The molecule has 1 saturated heterocycles. The first kappa shape index (κ1) is 15.3. The molecule has 5 heteroatoms. The molecule has 0 radical (unpaired) electrons. The number of carbonyl (C=O) groups excluding carboxylic acids is 2. The van der Waals surface area contributed by atoms with Crippen LogP contribution in [-0.2, 0) is 9.59 Å². The van der Waals surface area contributed by atoms with Gasteiger partial charge >= 0.3 is 11.8 Å². The molecular formula is C15H27N3O2. The van der Waals surface area contributed by atoms with E-state index in [4.69, 9.17) is 0 Å². The van der Waals surface area contributed by atoms with Crippen molar-refractivity contribution in [2.75, 3.05) is 32.7 Å². The van der Waals surface area contributed by atoms with E-state index >= 15 is 0 Å². The summed E-state index contributed by atoms with van der Waals surface area (Å²) >= 11 is 0. The van der Waals surface area contributed by atoms with E-state index in [1.54, 1.807) is 4.90 Å². The monoisotopic (exact) mass is 281 g/mol. The molecule has 1 saturated carbocycles. The highest BCUT2D eigenvalue weighted by atomic mass is 16.2. The van der Waals surface area contributed by atoms with E-state index in [2.05, 4.69) is 10.6 Å². The largest absolute Gasteiger partial charge is 0.348 e. The van der Waals surface area contributed by atoms with Crippen LogP contribution in [0.5, 0.6) is 0 Å². The number of nitrogens with one attached hydrogen (secondary N) is 2. The fourth-order valence-electron chi connectivity index (χ4n) is 3.13. The molecule has 1 aliphatic carbocycles. The van der Waals surface area contributed by atoms with Crippen molar-refractivity contribution in [2.45, 2.75) is 44.9 Å². The summed E-state index contributed by atoms with van der Waals surface area (Å²) in [5, 5.41) is 6.03. The average Bonchev–Trinajstić information content (AvgIpc) is 2.76. The van der Waals surface area contributed by atoms with Crippen molar-refractivity contribution in [3.8, 4) is 0 Å². The van der Waals surface area contributed by atoms with Gasteiger partial charge in [0.1, 0.15) is 0 Å². The molecule has 5 nitrogen and oxygen atoms in total. The molecule has 0 aromatic rings. The van der Waals surface area contributed by atoms with Gasteiger partial charge in [-0.05, 0) is 25.3 Å². The Balaban J connectivity index is 1.66. The van der Waals surface area contributed by atoms with Crippen molar-refractivity contribution < 1.29 is 9.59 Å². The Labute approximate surface area is 121 Å². The molecule has 2 aliphatic rings. The third-order valence-electron chi connectivity index (χ3n) is 4.38. The molecule has 1 aliphatic heterocycles. The normalized spacial score (nSPS) is 21.3. The molecular weight excluding hydrogens is 254 g/mol. The van der Waals surface area contributed by atoms with Crippen molar-refractivity contribution in [1.82, 2.24) is 15.5 Å². The molecule has 2 amide bonds. The van der Waals surface area contributed by atoms with Gasteiger partial charge in [0, 0.05) is 26.2 Å². The van der Waals surface area contributed by atoms with E-state index in [1.807, 2.05) is 0 Å². The molecule has 0 atom stereocenters. The van der Waals surface area contributed by atoms with Gasteiger partial charge in [0.25, 0.3) is 0 Å². The number of rotatable bonds is 3. The van der Waals surface area contributed by atoms with Gasteiger partial charge < -0.3 is 15.5 Å². The highest BCUT2D eigenvalue weighted by Gasteiger charge is 2.22. The number of hydrogen-bond donors (Lipinski definition) is 2. The second kappa shape index (κ2) is 8.25. The third-order valence-corrected chi connectivity index (χ3v) is 4.38. The van der Waals surface area contributed by atoms with Crippen molar-refractivity contribution >= 4 is 11.8 Å². The van der Waals surface area contributed by atoms with Gasteiger partial charge in [0.05, 0.1) is 0 Å². The number of amides is 2. The second-order valence-electron chi connectivity index (χ2n) is 5.94. The minimum atomic E-state index is -0.428. The Hall–Kier alpha value is -1.10. The maximum absolute atomic E-state index is 12.0. The summed E-state index contributed by atoms with van der Waals surface area (Å²) in [6, 6.07) is 0. The lowest BCUT2D eigenvalue weighted by Crippen LogP contribution is -2.44. The molecule has 0 bridgehead atoms. The summed E-state index contributed by atoms with van der Waals surface area (Å²) in [5.74, 6) is -0.0541. The lowest BCUT2D eigenvalue weighted by atomic mass is 9.87. The van der Waals surface area contributed by atoms with Gasteiger partial charge in [0.15, 0.2) is 0 Å². The van der Waals surface area contributed by atoms with Crippen LogP contribution in [0.4, 0.5) is 0 Å². The van der Waals surface area contributed by atoms with Gasteiger partial charge in [-0.15, -0.1) is 0 Å². The minimum absolute atomic E-state index is 0.364. The van der Waals surface area contributed by atoms with Crippen LogP contribution in [0.15, 0.2) is 0 Å². The molecule has 2 N–H and O–H groups in total. The van der Waals surface area contributed by atoms with E-state index < -0.39 is 5.91 Å². The predicted octanol–water partition coefficient (Wildman–Crippen LogP) is 0.895. The highest BCUT2D eigenvalue weighted by Crippen LogP contribution is 2.25. The van der Waals surface area contributed by atoms with Crippen molar-refractivity contribution in [1.29, 1.82) is 0 Å². The van der Waals surface area contributed by atoms with Crippen molar-refractivity contribution in [3.05, 3.63) is 0 Å². The van der Waals surface area contributed by atoms with Gasteiger partial charge in [-0.3, -0.25) is 9.59 Å². The highest BCUT2D eigenvalue weighted by molar-refractivity contribution is 6.35. The summed E-state index contributed by atoms with van der Waals surface area (Å²) < 4.78 is 0. The molecule has 0 spiro atoms. The fourth-order valence-corrected chi connectivity index (χ4v) is 3.13. The van der Waals surface area contributed by atoms with E-state index in [9.17, 15) is 9.59 Å². The van der Waals surface area contributed by atoms with Crippen LogP contribution in [0.1, 0.15) is 44.9 Å². The van der Waals surface area contributed by atoms with Crippen LogP contribution in [0.3, 0.4) is 0 Å². The molecule has 2 rings (SSSR count). The van der Waals surface area contributed by atoms with Gasteiger partial charge in [-0.25, -0.2) is 0 Å². The standard InChI is InChI=1S/C15H27N3O2/c19-14(15(20)18-11-4-8-16-10-12-18)17-9-7-13-5-2-1-3-6-13/h13,16H,1-12H2,(H,17,19). The molecule has 1 heterocycles. The Morgan fingerprint density at radius 2 is 1.85 bits per heavy atom. The molecule has 2 fully saturated rings. The molecule has 0 aromatic carbocycles. The first-order chi connectivity index (χ1) is 9.77. The van der Waals surface area contributed by atoms with E-state index in [0.29, 0.717) is 19.6 Å². The maximum Gasteiger partial charge on any atom is 0.311 e. The lowest BCUT2D eigenvalue weighted by Gasteiger charge is -2.22. The summed E-state index contributed by atoms with van der Waals surface area (Å²) in [4.78, 5) is 25.6. The van der Waals surface area contributed by atoms with E-state index in [0.717, 1.165) is 31.8 Å². The summed E-state index contributed by atoms with van der Waals surface area (Å²) in [7, 11) is 0. The Morgan fingerprint density at radius 3 is 2.65 bits per heavy atom. The quantitative estimate of drug-likeness (QED) is 0.755. The maximum atomic E-state index is 12.0. The molecule has 0 unspecified atom stereocenters. The van der Waals surface area contributed by atoms with E-state index in [1.165, 1.54) is 32.1 Å². The zero-order valence-corrected chi connectivity index (χ0v) is 12.3. The van der Waals surface area contributed by atoms with Gasteiger partial charge in [-0.2, -0.15) is 0 Å². The van der Waals surface area contributed by atoms with E-state index in [-0.39, 0.29) is 5.91 Å². The predicted molar refractivity (Wildman–Crippen MR) is 78.3 cm³/mol. The van der Waals surface area contributed by atoms with Crippen LogP contribution >= 0.6 is 0 Å². The SMILES string of the molecule is O=C(NCCC1CCCCC1)C(=O)N1CCCNCC1. The molecule has 0 aromatic heterocycles. The smallest absolute Gasteiger partial charge is 0.311 e. The first-order valence-electron chi connectivity index (χ1n) is 8.05. The van der Waals surface area contributed by atoms with Crippen LogP contribution in [-0.4, -0.2) is 49.4 Å². The number of carbonyl (C=O) groups is 2. The molecule has 20 heavy (non-hydrogen) atoms. The minimum Gasteiger partial charge on any atom is -0.348 e. The molecule has 114 valence electrons. The van der Waals surface area contributed by atoms with Crippen LogP contribution < -0.4 is 10.6 Å². The second-order valence-corrected chi connectivity index (χ2v) is 5.94. The Bertz CT molecular complexity index is 319. The first-order valence-corrected chi connectivity index (χ1v) is 8.05. The Morgan fingerprint density at radius 1 is 1.05 bits per heavy atom. The fraction of sp³-hybridized carbons (Fsp3) is 0.867. The third kappa shape index (κ3) is 4.78. The van der Waals surface area contributed by atoms with Crippen molar-refractivity contribution in [2.24, 2.45) is 5.92 Å². The average molecular weight is 281 g/mol.